The number of carbonyl (C=O) groups is 3. The number of methoxy groups -OCH3 is 1. The molecule has 11 nitrogen and oxygen atoms in total. The fraction of sp³-hybridized carbons (Fsp3) is 0.489. The molecule has 2 aliphatic carbocycles. The predicted octanol–water partition coefficient (Wildman–Crippen LogP) is 8.55. The van der Waals surface area contributed by atoms with E-state index in [0.29, 0.717) is 12.3 Å². The maximum absolute atomic E-state index is 13.9. The highest BCUT2D eigenvalue weighted by Crippen LogP contribution is 2.43. The number of aromatic nitrogens is 4. The summed E-state index contributed by atoms with van der Waals surface area (Å²) in [5.74, 6) is 2.31. The Morgan fingerprint density at radius 2 is 1.57 bits per heavy atom. The van der Waals surface area contributed by atoms with Crippen molar-refractivity contribution < 1.29 is 19.1 Å². The monoisotopic (exact) mass is 755 g/mol. The van der Waals surface area contributed by atoms with Gasteiger partial charge in [0.05, 0.1) is 42.1 Å². The van der Waals surface area contributed by atoms with Crippen molar-refractivity contribution >= 4 is 39.7 Å². The summed E-state index contributed by atoms with van der Waals surface area (Å²) < 4.78 is 4.83. The smallest absolute Gasteiger partial charge is 0.407 e. The molecule has 0 radical (unpaired) electrons. The summed E-state index contributed by atoms with van der Waals surface area (Å²) in [6, 6.07) is 14.8. The van der Waals surface area contributed by atoms with Crippen LogP contribution < -0.4 is 5.32 Å². The molecule has 0 bridgehead atoms. The van der Waals surface area contributed by atoms with E-state index in [2.05, 4.69) is 76.5 Å². The first kappa shape index (κ1) is 36.4. The number of amides is 3. The summed E-state index contributed by atoms with van der Waals surface area (Å²) >= 11 is 0. The summed E-state index contributed by atoms with van der Waals surface area (Å²) in [4.78, 5) is 60.6. The second-order valence-electron chi connectivity index (χ2n) is 17.1. The average Bonchev–Trinajstić information content (AvgIpc) is 3.74. The summed E-state index contributed by atoms with van der Waals surface area (Å²) in [6.07, 6.45) is 11.2. The third-order valence-corrected chi connectivity index (χ3v) is 13.0. The zero-order chi connectivity index (χ0) is 38.8. The maximum atomic E-state index is 13.9. The number of carbonyl (C=O) groups excluding carboxylic acids is 3. The summed E-state index contributed by atoms with van der Waals surface area (Å²) in [5.41, 5.74) is 9.31. The van der Waals surface area contributed by atoms with E-state index in [1.54, 1.807) is 0 Å². The molecule has 292 valence electrons. The predicted molar refractivity (Wildman–Crippen MR) is 217 cm³/mol. The van der Waals surface area contributed by atoms with E-state index >= 15 is 0 Å². The van der Waals surface area contributed by atoms with Crippen LogP contribution in [0.1, 0.15) is 114 Å². The molecule has 9 rings (SSSR count). The quantitative estimate of drug-likeness (QED) is 0.138. The number of alkyl carbamates (subject to hydrolysis) is 1. The lowest BCUT2D eigenvalue weighted by Crippen LogP contribution is -2.52. The van der Waals surface area contributed by atoms with Gasteiger partial charge in [-0.3, -0.25) is 9.59 Å². The Morgan fingerprint density at radius 1 is 0.857 bits per heavy atom. The number of rotatable bonds is 9. The summed E-state index contributed by atoms with van der Waals surface area (Å²) in [6.45, 7) is 8.09. The van der Waals surface area contributed by atoms with Crippen LogP contribution in [-0.2, 0) is 27.2 Å². The van der Waals surface area contributed by atoms with E-state index in [9.17, 15) is 14.4 Å². The minimum atomic E-state index is -0.693. The van der Waals surface area contributed by atoms with E-state index in [0.717, 1.165) is 84.1 Å². The molecule has 3 N–H and O–H groups in total. The molecular weight excluding hydrogens is 703 g/mol. The van der Waals surface area contributed by atoms with Gasteiger partial charge in [0.25, 0.3) is 0 Å². The van der Waals surface area contributed by atoms with Gasteiger partial charge in [-0.1, -0.05) is 44.2 Å². The number of likely N-dealkylation sites (tertiary alicyclic amines) is 2. The molecular formula is C45H53N7O4. The molecule has 2 saturated heterocycles. The standard InChI is InChI=1S/C45H53N7O4/c1-24(2)40(50-45(55)56-5)44(54)52-26(4)10-20-38(52)43-47-35-18-14-29-22-28(13-15-31(29)41(35)49-43)30-16-17-34(33-8-6-7-32(30)33)36-23-46-42(48-36)37-19-9-25(3)51(37)39(53)21-27-11-12-27/h13-18,22-27,37-38,40H,6-12,19-21H2,1-5H3,(H,46,48)(H,47,49)(H,50,55)/t25-,26-,37-,38-,40?/m0/s1. The molecule has 2 aromatic heterocycles. The number of hydrogen-bond acceptors (Lipinski definition) is 6. The van der Waals surface area contributed by atoms with Gasteiger partial charge in [0.15, 0.2) is 0 Å². The fourth-order valence-electron chi connectivity index (χ4n) is 9.85. The number of benzene rings is 3. The molecule has 4 heterocycles. The normalized spacial score (nSPS) is 22.7. The van der Waals surface area contributed by atoms with Gasteiger partial charge in [-0.05, 0) is 123 Å². The molecule has 56 heavy (non-hydrogen) atoms. The van der Waals surface area contributed by atoms with Gasteiger partial charge in [-0.15, -0.1) is 0 Å². The van der Waals surface area contributed by atoms with E-state index in [1.807, 2.05) is 24.9 Å². The molecule has 4 aliphatic rings. The largest absolute Gasteiger partial charge is 0.453 e. The fourth-order valence-corrected chi connectivity index (χ4v) is 9.85. The van der Waals surface area contributed by atoms with Gasteiger partial charge in [0, 0.05) is 29.5 Å². The van der Waals surface area contributed by atoms with Crippen molar-refractivity contribution in [1.82, 2.24) is 35.1 Å². The van der Waals surface area contributed by atoms with E-state index in [1.165, 1.54) is 47.8 Å². The number of nitrogens with one attached hydrogen (secondary N) is 3. The van der Waals surface area contributed by atoms with Crippen molar-refractivity contribution in [2.75, 3.05) is 7.11 Å². The van der Waals surface area contributed by atoms with Crippen molar-refractivity contribution in [3.05, 3.63) is 71.4 Å². The molecule has 11 heteroatoms. The van der Waals surface area contributed by atoms with E-state index < -0.39 is 12.1 Å². The van der Waals surface area contributed by atoms with Crippen LogP contribution in [0.25, 0.3) is 44.2 Å². The summed E-state index contributed by atoms with van der Waals surface area (Å²) in [5, 5.41) is 4.93. The minimum absolute atomic E-state index is 0.0119. The molecule has 2 aliphatic heterocycles. The lowest BCUT2D eigenvalue weighted by Gasteiger charge is -2.32. The zero-order valence-corrected chi connectivity index (χ0v) is 33.2. The Kier molecular flexibility index (Phi) is 9.37. The first-order valence-electron chi connectivity index (χ1n) is 20.7. The van der Waals surface area contributed by atoms with Gasteiger partial charge in [-0.25, -0.2) is 14.8 Å². The molecule has 5 atom stereocenters. The third kappa shape index (κ3) is 6.42. The van der Waals surface area contributed by atoms with E-state index in [4.69, 9.17) is 14.7 Å². The Balaban J connectivity index is 0.988. The van der Waals surface area contributed by atoms with Crippen LogP contribution in [-0.4, -0.2) is 72.9 Å². The van der Waals surface area contributed by atoms with Crippen LogP contribution >= 0.6 is 0 Å². The molecule has 3 amide bonds. The number of ether oxygens (including phenoxy) is 1. The molecule has 5 aromatic rings. The Morgan fingerprint density at radius 3 is 2.30 bits per heavy atom. The average molecular weight is 756 g/mol. The minimum Gasteiger partial charge on any atom is -0.453 e. The zero-order valence-electron chi connectivity index (χ0n) is 33.2. The third-order valence-electron chi connectivity index (χ3n) is 13.0. The van der Waals surface area contributed by atoms with Gasteiger partial charge in [0.2, 0.25) is 11.8 Å². The van der Waals surface area contributed by atoms with Crippen molar-refractivity contribution in [1.29, 1.82) is 0 Å². The van der Waals surface area contributed by atoms with Crippen molar-refractivity contribution in [2.24, 2.45) is 11.8 Å². The van der Waals surface area contributed by atoms with Gasteiger partial charge in [0.1, 0.15) is 17.7 Å². The van der Waals surface area contributed by atoms with Crippen LogP contribution in [0.3, 0.4) is 0 Å². The molecule has 1 saturated carbocycles. The number of nitrogens with zero attached hydrogens (tertiary/aromatic N) is 4. The Hall–Kier alpha value is -5.19. The number of aromatic amines is 2. The Bertz CT molecular complexity index is 2340. The van der Waals surface area contributed by atoms with E-state index in [-0.39, 0.29) is 41.9 Å². The van der Waals surface area contributed by atoms with Crippen LogP contribution in [0.15, 0.2) is 48.7 Å². The second-order valence-corrected chi connectivity index (χ2v) is 17.1. The van der Waals surface area contributed by atoms with Gasteiger partial charge < -0.3 is 29.8 Å². The topological polar surface area (TPSA) is 136 Å². The first-order valence-corrected chi connectivity index (χ1v) is 20.7. The molecule has 3 aromatic carbocycles. The lowest BCUT2D eigenvalue weighted by molar-refractivity contribution is -0.137. The SMILES string of the molecule is COC(=O)NC(C(=O)N1[C@@H](C)CC[C@H]1c1nc2c(ccc3cc(-c4ccc(-c5cnc([C@@H]6CC[C@H](C)N6C(=O)CC6CC6)[nH]5)c5c4CCC5)ccc32)[nH]1)C(C)C. The van der Waals surface area contributed by atoms with Crippen LogP contribution in [0.5, 0.6) is 0 Å². The van der Waals surface area contributed by atoms with Crippen molar-refractivity contribution in [3.63, 3.8) is 0 Å². The first-order chi connectivity index (χ1) is 27.1. The number of H-pyrrole nitrogens is 2. The van der Waals surface area contributed by atoms with Crippen molar-refractivity contribution in [3.8, 4) is 22.4 Å². The highest BCUT2D eigenvalue weighted by atomic mass is 16.5. The van der Waals surface area contributed by atoms with Crippen LogP contribution in [0, 0.1) is 11.8 Å². The van der Waals surface area contributed by atoms with Crippen molar-refractivity contribution in [2.45, 2.75) is 122 Å². The molecule has 1 unspecified atom stereocenters. The van der Waals surface area contributed by atoms with Crippen LogP contribution in [0.4, 0.5) is 4.79 Å². The highest BCUT2D eigenvalue weighted by Gasteiger charge is 2.42. The molecule has 0 spiro atoms. The second kappa shape index (κ2) is 14.4. The maximum Gasteiger partial charge on any atom is 0.407 e. The Labute approximate surface area is 328 Å². The number of hydrogen-bond donors (Lipinski definition) is 3. The highest BCUT2D eigenvalue weighted by molar-refractivity contribution is 6.05. The lowest BCUT2D eigenvalue weighted by atomic mass is 9.91. The number of imidazole rings is 2. The number of fused-ring (bicyclic) bond motifs is 4. The van der Waals surface area contributed by atoms with Gasteiger partial charge >= 0.3 is 6.09 Å². The van der Waals surface area contributed by atoms with Crippen LogP contribution in [0.2, 0.25) is 0 Å². The molecule has 3 fully saturated rings. The van der Waals surface area contributed by atoms with Gasteiger partial charge in [-0.2, -0.15) is 0 Å². The summed E-state index contributed by atoms with van der Waals surface area (Å²) in [7, 11) is 1.31.